The number of nitrogens with one attached hydrogen (secondary N) is 1. The van der Waals surface area contributed by atoms with Gasteiger partial charge in [0.05, 0.1) is 13.1 Å². The largest absolute Gasteiger partial charge is 0.326 e. The summed E-state index contributed by atoms with van der Waals surface area (Å²) < 4.78 is 25.3. The van der Waals surface area contributed by atoms with Crippen LogP contribution >= 0.6 is 11.3 Å². The first-order valence-corrected chi connectivity index (χ1v) is 7.31. The summed E-state index contributed by atoms with van der Waals surface area (Å²) in [6.45, 7) is -0.437. The van der Waals surface area contributed by atoms with Crippen molar-refractivity contribution in [3.05, 3.63) is 17.0 Å². The Morgan fingerprint density at radius 2 is 1.89 bits per heavy atom. The van der Waals surface area contributed by atoms with Gasteiger partial charge in [0, 0.05) is 11.4 Å². The zero-order chi connectivity index (χ0) is 13.3. The molecule has 0 spiro atoms. The smallest absolute Gasteiger partial charge is 0.253 e. The average Bonchev–Trinajstić information content (AvgIpc) is 2.76. The molecular formula is C9H11N3O4S2. The number of thiophene rings is 1. The number of amides is 2. The van der Waals surface area contributed by atoms with Gasteiger partial charge >= 0.3 is 0 Å². The molecule has 0 saturated carbocycles. The number of piperazine rings is 1. The Bertz CT molecular complexity index is 577. The Kier molecular flexibility index (Phi) is 3.48. The lowest BCUT2D eigenvalue weighted by Gasteiger charge is -2.23. The Hall–Kier alpha value is -1.29. The molecule has 2 rings (SSSR count). The molecule has 1 saturated heterocycles. The molecule has 0 atom stereocenters. The Balaban J connectivity index is 2.30. The third-order valence-electron chi connectivity index (χ3n) is 2.35. The maximum atomic E-state index is 12.2. The topological polar surface area (TPSA) is 110 Å². The minimum atomic E-state index is -3.80. The van der Waals surface area contributed by atoms with Gasteiger partial charge in [0.2, 0.25) is 11.8 Å². The van der Waals surface area contributed by atoms with E-state index >= 15 is 0 Å². The van der Waals surface area contributed by atoms with Gasteiger partial charge in [0.1, 0.15) is 4.21 Å². The standard InChI is InChI=1S/C9H11N3O4S2/c10-3-6-1-2-9(17-6)18(15,16)12-4-7(13)11-8(14)5-12/h1-2H,3-5,10H2,(H,11,13,14). The Morgan fingerprint density at radius 1 is 1.28 bits per heavy atom. The molecule has 3 N–H and O–H groups in total. The highest BCUT2D eigenvalue weighted by atomic mass is 32.2. The molecule has 1 aromatic rings. The summed E-state index contributed by atoms with van der Waals surface area (Å²) in [6.07, 6.45) is 0. The number of nitrogens with zero attached hydrogens (tertiary/aromatic N) is 1. The fraction of sp³-hybridized carbons (Fsp3) is 0.333. The van der Waals surface area contributed by atoms with Crippen molar-refractivity contribution in [1.82, 2.24) is 9.62 Å². The van der Waals surface area contributed by atoms with Crippen LogP contribution in [0.25, 0.3) is 0 Å². The molecule has 1 aromatic heterocycles. The average molecular weight is 289 g/mol. The Labute approximate surface area is 108 Å². The molecule has 1 aliphatic rings. The number of hydrogen-bond acceptors (Lipinski definition) is 6. The van der Waals surface area contributed by atoms with Crippen LogP contribution in [0.3, 0.4) is 0 Å². The Morgan fingerprint density at radius 3 is 2.39 bits per heavy atom. The summed E-state index contributed by atoms with van der Waals surface area (Å²) in [7, 11) is -3.80. The molecule has 18 heavy (non-hydrogen) atoms. The number of sulfonamides is 1. The number of imide groups is 1. The van der Waals surface area contributed by atoms with E-state index in [1.54, 1.807) is 6.07 Å². The number of carbonyl (C=O) groups excluding carboxylic acids is 2. The van der Waals surface area contributed by atoms with Gasteiger partial charge in [0.25, 0.3) is 10.0 Å². The molecule has 9 heteroatoms. The van der Waals surface area contributed by atoms with Crippen LogP contribution in [0.2, 0.25) is 0 Å². The van der Waals surface area contributed by atoms with Crippen molar-refractivity contribution in [1.29, 1.82) is 0 Å². The molecule has 0 aliphatic carbocycles. The second-order valence-electron chi connectivity index (χ2n) is 3.67. The van der Waals surface area contributed by atoms with Crippen LogP contribution in [0.4, 0.5) is 0 Å². The second-order valence-corrected chi connectivity index (χ2v) is 7.00. The molecule has 0 aromatic carbocycles. The first kappa shape index (κ1) is 13.1. The van der Waals surface area contributed by atoms with Crippen LogP contribution in [-0.2, 0) is 26.2 Å². The van der Waals surface area contributed by atoms with E-state index in [0.29, 0.717) is 0 Å². The summed E-state index contributed by atoms with van der Waals surface area (Å²) in [6, 6.07) is 3.04. The molecule has 0 bridgehead atoms. The van der Waals surface area contributed by atoms with Crippen molar-refractivity contribution >= 4 is 33.2 Å². The molecule has 98 valence electrons. The van der Waals surface area contributed by atoms with Crippen molar-refractivity contribution in [2.45, 2.75) is 10.8 Å². The van der Waals surface area contributed by atoms with Crippen molar-refractivity contribution in [3.63, 3.8) is 0 Å². The summed E-state index contributed by atoms with van der Waals surface area (Å²) in [5.41, 5.74) is 5.41. The number of hydrogen-bond donors (Lipinski definition) is 2. The van der Waals surface area contributed by atoms with Crippen molar-refractivity contribution < 1.29 is 18.0 Å². The second kappa shape index (κ2) is 4.76. The van der Waals surface area contributed by atoms with E-state index in [9.17, 15) is 18.0 Å². The summed E-state index contributed by atoms with van der Waals surface area (Å²) in [4.78, 5) is 23.1. The van der Waals surface area contributed by atoms with Crippen LogP contribution in [0.5, 0.6) is 0 Å². The predicted molar refractivity (Wildman–Crippen MR) is 64.1 cm³/mol. The summed E-state index contributed by atoms with van der Waals surface area (Å²) in [5, 5.41) is 2.05. The van der Waals surface area contributed by atoms with Gasteiger partial charge in [-0.3, -0.25) is 14.9 Å². The van der Waals surface area contributed by atoms with Crippen LogP contribution < -0.4 is 11.1 Å². The third-order valence-corrected chi connectivity index (χ3v) is 5.72. The zero-order valence-electron chi connectivity index (χ0n) is 9.25. The van der Waals surface area contributed by atoms with E-state index in [0.717, 1.165) is 20.5 Å². The normalized spacial score (nSPS) is 17.8. The van der Waals surface area contributed by atoms with Crippen LogP contribution in [0.15, 0.2) is 16.3 Å². The van der Waals surface area contributed by atoms with Crippen LogP contribution in [0, 0.1) is 0 Å². The van der Waals surface area contributed by atoms with E-state index in [4.69, 9.17) is 5.73 Å². The zero-order valence-corrected chi connectivity index (χ0v) is 10.9. The molecule has 1 fully saturated rings. The maximum Gasteiger partial charge on any atom is 0.253 e. The first-order chi connectivity index (χ1) is 8.43. The first-order valence-electron chi connectivity index (χ1n) is 5.05. The van der Waals surface area contributed by atoms with Gasteiger partial charge in [-0.2, -0.15) is 4.31 Å². The van der Waals surface area contributed by atoms with E-state index in [1.807, 2.05) is 5.32 Å². The SMILES string of the molecule is NCc1ccc(S(=O)(=O)N2CC(=O)NC(=O)C2)s1. The van der Waals surface area contributed by atoms with Gasteiger partial charge in [-0.25, -0.2) is 8.42 Å². The predicted octanol–water partition coefficient (Wildman–Crippen LogP) is -1.15. The summed E-state index contributed by atoms with van der Waals surface area (Å²) >= 11 is 1.04. The molecule has 2 heterocycles. The van der Waals surface area contributed by atoms with Crippen LogP contribution in [-0.4, -0.2) is 37.6 Å². The molecule has 0 unspecified atom stereocenters. The highest BCUT2D eigenvalue weighted by molar-refractivity contribution is 7.91. The number of nitrogens with two attached hydrogens (primary N) is 1. The van der Waals surface area contributed by atoms with Gasteiger partial charge in [-0.1, -0.05) is 0 Å². The van der Waals surface area contributed by atoms with Crippen LogP contribution in [0.1, 0.15) is 4.88 Å². The quantitative estimate of drug-likeness (QED) is 0.683. The van der Waals surface area contributed by atoms with E-state index in [1.165, 1.54) is 6.07 Å². The monoisotopic (exact) mass is 289 g/mol. The fourth-order valence-electron chi connectivity index (χ4n) is 1.51. The molecule has 1 aliphatic heterocycles. The lowest BCUT2D eigenvalue weighted by molar-refractivity contribution is -0.134. The lowest BCUT2D eigenvalue weighted by atomic mass is 10.4. The van der Waals surface area contributed by atoms with Crippen molar-refractivity contribution in [2.75, 3.05) is 13.1 Å². The van der Waals surface area contributed by atoms with Gasteiger partial charge in [-0.05, 0) is 12.1 Å². The molecular weight excluding hydrogens is 278 g/mol. The number of rotatable bonds is 3. The third kappa shape index (κ3) is 2.43. The van der Waals surface area contributed by atoms with Gasteiger partial charge < -0.3 is 5.73 Å². The maximum absolute atomic E-state index is 12.2. The fourth-order valence-corrected chi connectivity index (χ4v) is 4.26. The van der Waals surface area contributed by atoms with E-state index in [-0.39, 0.29) is 23.8 Å². The molecule has 2 amide bonds. The molecule has 7 nitrogen and oxygen atoms in total. The minimum absolute atomic E-state index is 0.0884. The van der Waals surface area contributed by atoms with Gasteiger partial charge in [-0.15, -0.1) is 11.3 Å². The molecule has 0 radical (unpaired) electrons. The minimum Gasteiger partial charge on any atom is -0.326 e. The van der Waals surface area contributed by atoms with E-state index in [2.05, 4.69) is 0 Å². The lowest BCUT2D eigenvalue weighted by Crippen LogP contribution is -2.53. The number of carbonyl (C=O) groups is 2. The van der Waals surface area contributed by atoms with Gasteiger partial charge in [0.15, 0.2) is 0 Å². The summed E-state index contributed by atoms with van der Waals surface area (Å²) in [5.74, 6) is -1.24. The highest BCUT2D eigenvalue weighted by Crippen LogP contribution is 2.24. The van der Waals surface area contributed by atoms with E-state index < -0.39 is 21.8 Å². The highest BCUT2D eigenvalue weighted by Gasteiger charge is 2.33. The van der Waals surface area contributed by atoms with Crippen molar-refractivity contribution in [2.24, 2.45) is 5.73 Å². The van der Waals surface area contributed by atoms with Crippen molar-refractivity contribution in [3.8, 4) is 0 Å².